The first-order chi connectivity index (χ1) is 10.2. The van der Waals surface area contributed by atoms with E-state index in [9.17, 15) is 9.90 Å². The van der Waals surface area contributed by atoms with Gasteiger partial charge in [-0.1, -0.05) is 30.3 Å². The highest BCUT2D eigenvalue weighted by atomic mass is 32.1. The molecule has 2 amide bonds. The Morgan fingerprint density at radius 3 is 2.90 bits per heavy atom. The van der Waals surface area contributed by atoms with Gasteiger partial charge in [-0.3, -0.25) is 0 Å². The molecule has 1 aliphatic rings. The molecule has 1 aromatic heterocycles. The van der Waals surface area contributed by atoms with E-state index in [1.807, 2.05) is 41.8 Å². The summed E-state index contributed by atoms with van der Waals surface area (Å²) in [5, 5.41) is 18.3. The first kappa shape index (κ1) is 14.1. The lowest BCUT2D eigenvalue weighted by atomic mass is 9.96. The SMILES string of the molecule is O=C(NCc1cccs1)NC[C@]1(O)CCc2ccccc21. The number of aryl methyl sites for hydroxylation is 1. The highest BCUT2D eigenvalue weighted by Gasteiger charge is 2.36. The van der Waals surface area contributed by atoms with E-state index in [-0.39, 0.29) is 12.6 Å². The van der Waals surface area contributed by atoms with Crippen LogP contribution in [0.15, 0.2) is 41.8 Å². The molecule has 1 heterocycles. The predicted molar refractivity (Wildman–Crippen MR) is 83.2 cm³/mol. The third kappa shape index (κ3) is 3.09. The third-order valence-corrected chi connectivity index (χ3v) is 4.75. The van der Waals surface area contributed by atoms with Crippen LogP contribution in [0.1, 0.15) is 22.4 Å². The molecule has 1 atom stereocenters. The summed E-state index contributed by atoms with van der Waals surface area (Å²) in [5.74, 6) is 0. The van der Waals surface area contributed by atoms with Crippen LogP contribution in [0.3, 0.4) is 0 Å². The van der Waals surface area contributed by atoms with Crippen LogP contribution in [0.2, 0.25) is 0 Å². The molecule has 110 valence electrons. The fraction of sp³-hybridized carbons (Fsp3) is 0.312. The van der Waals surface area contributed by atoms with E-state index >= 15 is 0 Å². The smallest absolute Gasteiger partial charge is 0.315 e. The molecule has 5 heteroatoms. The summed E-state index contributed by atoms with van der Waals surface area (Å²) in [6, 6.07) is 11.6. The van der Waals surface area contributed by atoms with Gasteiger partial charge in [0.05, 0.1) is 13.1 Å². The van der Waals surface area contributed by atoms with Gasteiger partial charge in [0.1, 0.15) is 5.60 Å². The van der Waals surface area contributed by atoms with E-state index in [1.54, 1.807) is 11.3 Å². The lowest BCUT2D eigenvalue weighted by molar-refractivity contribution is 0.0412. The molecular weight excluding hydrogens is 284 g/mol. The van der Waals surface area contributed by atoms with Crippen LogP contribution in [0, 0.1) is 0 Å². The van der Waals surface area contributed by atoms with Gasteiger partial charge in [-0.25, -0.2) is 4.79 Å². The zero-order chi connectivity index (χ0) is 14.7. The monoisotopic (exact) mass is 302 g/mol. The lowest BCUT2D eigenvalue weighted by Gasteiger charge is -2.24. The largest absolute Gasteiger partial charge is 0.383 e. The lowest BCUT2D eigenvalue weighted by Crippen LogP contribution is -2.43. The Morgan fingerprint density at radius 1 is 1.24 bits per heavy atom. The Morgan fingerprint density at radius 2 is 2.10 bits per heavy atom. The van der Waals surface area contributed by atoms with Crippen molar-refractivity contribution < 1.29 is 9.90 Å². The molecule has 0 radical (unpaired) electrons. The van der Waals surface area contributed by atoms with Crippen molar-refractivity contribution in [1.29, 1.82) is 0 Å². The molecule has 0 saturated carbocycles. The van der Waals surface area contributed by atoms with Gasteiger partial charge in [0.15, 0.2) is 0 Å². The first-order valence-corrected chi connectivity index (χ1v) is 7.90. The van der Waals surface area contributed by atoms with Gasteiger partial charge in [-0.2, -0.15) is 0 Å². The summed E-state index contributed by atoms with van der Waals surface area (Å²) in [6.45, 7) is 0.749. The Balaban J connectivity index is 1.54. The van der Waals surface area contributed by atoms with E-state index in [1.165, 1.54) is 5.56 Å². The molecule has 0 bridgehead atoms. The Hall–Kier alpha value is -1.85. The van der Waals surface area contributed by atoms with Crippen LogP contribution in [-0.2, 0) is 18.6 Å². The molecule has 21 heavy (non-hydrogen) atoms. The normalized spacial score (nSPS) is 20.0. The molecule has 1 aliphatic carbocycles. The maximum absolute atomic E-state index is 11.8. The van der Waals surface area contributed by atoms with Gasteiger partial charge >= 0.3 is 6.03 Å². The number of hydrogen-bond donors (Lipinski definition) is 3. The van der Waals surface area contributed by atoms with Crippen molar-refractivity contribution in [2.24, 2.45) is 0 Å². The van der Waals surface area contributed by atoms with E-state index in [2.05, 4.69) is 10.6 Å². The van der Waals surface area contributed by atoms with Crippen LogP contribution >= 0.6 is 11.3 Å². The molecular formula is C16H18N2O2S. The van der Waals surface area contributed by atoms with E-state index < -0.39 is 5.60 Å². The number of urea groups is 1. The second kappa shape index (κ2) is 5.87. The Bertz CT molecular complexity index is 627. The number of carbonyl (C=O) groups is 1. The first-order valence-electron chi connectivity index (χ1n) is 7.02. The van der Waals surface area contributed by atoms with Crippen molar-refractivity contribution in [2.75, 3.05) is 6.54 Å². The van der Waals surface area contributed by atoms with Crippen molar-refractivity contribution in [3.8, 4) is 0 Å². The number of amides is 2. The van der Waals surface area contributed by atoms with Gasteiger partial charge in [0.25, 0.3) is 0 Å². The van der Waals surface area contributed by atoms with Crippen LogP contribution in [0.5, 0.6) is 0 Å². The molecule has 0 spiro atoms. The molecule has 0 unspecified atom stereocenters. The van der Waals surface area contributed by atoms with Crippen molar-refractivity contribution in [3.05, 3.63) is 57.8 Å². The average Bonchev–Trinajstić information content (AvgIpc) is 3.13. The van der Waals surface area contributed by atoms with E-state index in [0.717, 1.165) is 16.9 Å². The van der Waals surface area contributed by atoms with Gasteiger partial charge in [-0.05, 0) is 35.4 Å². The van der Waals surface area contributed by atoms with Crippen LogP contribution < -0.4 is 10.6 Å². The standard InChI is InChI=1S/C16H18N2O2S/c19-15(17-10-13-5-3-9-21-13)18-11-16(20)8-7-12-4-1-2-6-14(12)16/h1-6,9,20H,7-8,10-11H2,(H2,17,18,19)/t16-/m1/s1. The zero-order valence-electron chi connectivity index (χ0n) is 11.6. The quantitative estimate of drug-likeness (QED) is 0.812. The molecule has 0 aliphatic heterocycles. The maximum atomic E-state index is 11.8. The summed E-state index contributed by atoms with van der Waals surface area (Å²) < 4.78 is 0. The topological polar surface area (TPSA) is 61.4 Å². The highest BCUT2D eigenvalue weighted by molar-refractivity contribution is 7.09. The third-order valence-electron chi connectivity index (χ3n) is 3.87. The van der Waals surface area contributed by atoms with E-state index in [0.29, 0.717) is 13.0 Å². The van der Waals surface area contributed by atoms with Crippen molar-refractivity contribution in [1.82, 2.24) is 10.6 Å². The zero-order valence-corrected chi connectivity index (χ0v) is 12.5. The minimum Gasteiger partial charge on any atom is -0.383 e. The second-order valence-corrected chi connectivity index (χ2v) is 6.34. The number of rotatable bonds is 4. The van der Waals surface area contributed by atoms with Crippen LogP contribution in [0.25, 0.3) is 0 Å². The Labute approximate surface area is 127 Å². The molecule has 4 nitrogen and oxygen atoms in total. The number of benzene rings is 1. The predicted octanol–water partition coefficient (Wildman–Crippen LogP) is 2.38. The minimum atomic E-state index is -0.948. The summed E-state index contributed by atoms with van der Waals surface area (Å²) in [5.41, 5.74) is 1.15. The van der Waals surface area contributed by atoms with Crippen molar-refractivity contribution >= 4 is 17.4 Å². The van der Waals surface area contributed by atoms with Crippen molar-refractivity contribution in [2.45, 2.75) is 25.0 Å². The van der Waals surface area contributed by atoms with Crippen LogP contribution in [-0.4, -0.2) is 17.7 Å². The summed E-state index contributed by atoms with van der Waals surface area (Å²) in [7, 11) is 0. The maximum Gasteiger partial charge on any atom is 0.315 e. The molecule has 1 aromatic carbocycles. The van der Waals surface area contributed by atoms with Gasteiger partial charge in [0, 0.05) is 4.88 Å². The molecule has 0 fully saturated rings. The number of nitrogens with one attached hydrogen (secondary N) is 2. The fourth-order valence-corrected chi connectivity index (χ4v) is 3.37. The molecule has 0 saturated heterocycles. The number of aliphatic hydroxyl groups is 1. The van der Waals surface area contributed by atoms with Crippen molar-refractivity contribution in [3.63, 3.8) is 0 Å². The number of fused-ring (bicyclic) bond motifs is 1. The van der Waals surface area contributed by atoms with Gasteiger partial charge in [-0.15, -0.1) is 11.3 Å². The van der Waals surface area contributed by atoms with Gasteiger partial charge in [0.2, 0.25) is 0 Å². The molecule has 3 rings (SSSR count). The number of carbonyl (C=O) groups excluding carboxylic acids is 1. The summed E-state index contributed by atoms with van der Waals surface area (Å²) in [4.78, 5) is 12.9. The highest BCUT2D eigenvalue weighted by Crippen LogP contribution is 2.36. The summed E-state index contributed by atoms with van der Waals surface area (Å²) in [6.07, 6.45) is 1.50. The minimum absolute atomic E-state index is 0.236. The van der Waals surface area contributed by atoms with E-state index in [4.69, 9.17) is 0 Å². The Kier molecular flexibility index (Phi) is 3.94. The average molecular weight is 302 g/mol. The number of thiophene rings is 1. The number of hydrogen-bond acceptors (Lipinski definition) is 3. The molecule has 3 N–H and O–H groups in total. The van der Waals surface area contributed by atoms with Gasteiger partial charge < -0.3 is 15.7 Å². The van der Waals surface area contributed by atoms with Crippen LogP contribution in [0.4, 0.5) is 4.79 Å². The fourth-order valence-electron chi connectivity index (χ4n) is 2.72. The second-order valence-electron chi connectivity index (χ2n) is 5.30. The molecule has 2 aromatic rings. The summed E-state index contributed by atoms with van der Waals surface area (Å²) >= 11 is 1.61.